The van der Waals surface area contributed by atoms with Gasteiger partial charge in [-0.3, -0.25) is 0 Å². The summed E-state index contributed by atoms with van der Waals surface area (Å²) in [4.78, 5) is 8.21. The van der Waals surface area contributed by atoms with Gasteiger partial charge in [0.1, 0.15) is 5.41 Å². The molecule has 2 aliphatic heterocycles. The Bertz CT molecular complexity index is 1290. The molecule has 0 fully saturated rings. The summed E-state index contributed by atoms with van der Waals surface area (Å²) in [5.74, 6) is 0. The summed E-state index contributed by atoms with van der Waals surface area (Å²) < 4.78 is 43.6. The Morgan fingerprint density at radius 2 is 1.77 bits per heavy atom. The molecule has 0 amide bonds. The fourth-order valence-corrected chi connectivity index (χ4v) is 5.61. The molecule has 1 N–H and O–H groups in total. The van der Waals surface area contributed by atoms with Crippen molar-refractivity contribution in [2.75, 3.05) is 0 Å². The van der Waals surface area contributed by atoms with Gasteiger partial charge in [-0.25, -0.2) is 0 Å². The van der Waals surface area contributed by atoms with Crippen molar-refractivity contribution in [2.24, 2.45) is 10.6 Å². The van der Waals surface area contributed by atoms with Crippen molar-refractivity contribution in [1.82, 2.24) is 0 Å². The summed E-state index contributed by atoms with van der Waals surface area (Å²) in [6.45, 7) is 5.98. The highest BCUT2D eigenvalue weighted by molar-refractivity contribution is 9.10. The number of benzene rings is 2. The van der Waals surface area contributed by atoms with E-state index in [-0.39, 0.29) is 31.8 Å². The maximum atomic E-state index is 14.3. The summed E-state index contributed by atoms with van der Waals surface area (Å²) in [5, 5.41) is 13.5. The molecule has 2 aromatic rings. The van der Waals surface area contributed by atoms with Crippen LogP contribution >= 0.6 is 50.7 Å². The monoisotopic (exact) mass is 605 g/mol. The fourth-order valence-electron chi connectivity index (χ4n) is 4.32. The average Bonchev–Trinajstić information content (AvgIpc) is 3.18. The highest BCUT2D eigenvalue weighted by atomic mass is 79.9. The number of nitrogens with one attached hydrogen (secondary N) is 1. The van der Waals surface area contributed by atoms with Gasteiger partial charge in [0, 0.05) is 34.3 Å². The fraction of sp³-hybridized carbons (Fsp3) is 0.333. The van der Waals surface area contributed by atoms with E-state index >= 15 is 0 Å². The third-order valence-corrected chi connectivity index (χ3v) is 7.97. The normalized spacial score (nSPS) is 24.0. The van der Waals surface area contributed by atoms with E-state index in [1.54, 1.807) is 24.4 Å². The van der Waals surface area contributed by atoms with Crippen LogP contribution in [0.15, 0.2) is 40.0 Å². The Labute approximate surface area is 223 Å². The van der Waals surface area contributed by atoms with Gasteiger partial charge < -0.3 is 9.83 Å². The van der Waals surface area contributed by atoms with E-state index in [1.807, 2.05) is 20.8 Å². The van der Waals surface area contributed by atoms with Crippen LogP contribution in [0.1, 0.15) is 43.9 Å². The molecule has 0 saturated carbocycles. The van der Waals surface area contributed by atoms with E-state index in [4.69, 9.17) is 39.6 Å². The topological polar surface area (TPSA) is 59.3 Å². The number of hydrogen-bond acceptors (Lipinski definition) is 3. The van der Waals surface area contributed by atoms with Gasteiger partial charge in [0.05, 0.1) is 26.8 Å². The minimum absolute atomic E-state index is 0.0480. The second-order valence-electron chi connectivity index (χ2n) is 9.41. The minimum atomic E-state index is -4.83. The third-order valence-electron chi connectivity index (χ3n) is 6.12. The van der Waals surface area contributed by atoms with E-state index in [0.717, 1.165) is 18.2 Å². The van der Waals surface area contributed by atoms with Crippen molar-refractivity contribution < 1.29 is 23.0 Å². The van der Waals surface area contributed by atoms with Gasteiger partial charge in [0.25, 0.3) is 5.60 Å². The number of rotatable bonds is 3. The quantitative estimate of drug-likeness (QED) is 0.320. The summed E-state index contributed by atoms with van der Waals surface area (Å²) in [7, 11) is 0. The van der Waals surface area contributed by atoms with Crippen LogP contribution in [0.25, 0.3) is 0 Å². The van der Waals surface area contributed by atoms with Crippen LogP contribution in [0.5, 0.6) is 0 Å². The van der Waals surface area contributed by atoms with Crippen LogP contribution in [-0.4, -0.2) is 18.1 Å². The molecule has 2 unspecified atom stereocenters. The van der Waals surface area contributed by atoms with Crippen LogP contribution in [-0.2, 0) is 15.9 Å². The van der Waals surface area contributed by atoms with Crippen LogP contribution < -0.4 is 4.99 Å². The third kappa shape index (κ3) is 4.11. The molecule has 35 heavy (non-hydrogen) atoms. The van der Waals surface area contributed by atoms with Gasteiger partial charge in [-0.05, 0) is 29.2 Å². The van der Waals surface area contributed by atoms with Gasteiger partial charge in [-0.1, -0.05) is 88.8 Å². The van der Waals surface area contributed by atoms with Crippen LogP contribution in [0.2, 0.25) is 15.1 Å². The summed E-state index contributed by atoms with van der Waals surface area (Å²) in [6, 6.07) is 10.3. The zero-order valence-electron chi connectivity index (χ0n) is 18.6. The Morgan fingerprint density at radius 3 is 2.23 bits per heavy atom. The van der Waals surface area contributed by atoms with Crippen molar-refractivity contribution in [2.45, 2.75) is 44.4 Å². The Hall–Kier alpha value is -1.92. The lowest BCUT2D eigenvalue weighted by Crippen LogP contribution is -2.90. The van der Waals surface area contributed by atoms with Gasteiger partial charge in [0.2, 0.25) is 0 Å². The van der Waals surface area contributed by atoms with Crippen molar-refractivity contribution in [3.63, 3.8) is 0 Å². The van der Waals surface area contributed by atoms with E-state index in [1.165, 1.54) is 0 Å². The molecule has 2 aromatic carbocycles. The van der Waals surface area contributed by atoms with Gasteiger partial charge in [-0.15, -0.1) is 0 Å². The average molecular weight is 608 g/mol. The Morgan fingerprint density at radius 1 is 1.14 bits per heavy atom. The minimum Gasteiger partial charge on any atom is -0.378 e. The molecule has 2 heterocycles. The molecular formula is C24H18BrCl3F3N3O. The van der Waals surface area contributed by atoms with Gasteiger partial charge >= 0.3 is 6.18 Å². The van der Waals surface area contributed by atoms with Crippen molar-refractivity contribution in [3.05, 3.63) is 72.6 Å². The zero-order chi connectivity index (χ0) is 26.0. The summed E-state index contributed by atoms with van der Waals surface area (Å²) >= 11 is 21.4. The molecule has 2 atom stereocenters. The second kappa shape index (κ2) is 8.58. The second-order valence-corrected chi connectivity index (χ2v) is 11.5. The van der Waals surface area contributed by atoms with Crippen molar-refractivity contribution in [3.8, 4) is 6.07 Å². The first-order chi connectivity index (χ1) is 16.2. The highest BCUT2D eigenvalue weighted by Crippen LogP contribution is 2.51. The van der Waals surface area contributed by atoms with E-state index in [0.29, 0.717) is 15.6 Å². The molecule has 4 nitrogen and oxygen atoms in total. The largest absolute Gasteiger partial charge is 0.435 e. The van der Waals surface area contributed by atoms with E-state index in [2.05, 4.69) is 32.1 Å². The predicted octanol–water partition coefficient (Wildman–Crippen LogP) is 6.50. The molecule has 11 heteroatoms. The Kier molecular flexibility index (Phi) is 6.41. The van der Waals surface area contributed by atoms with Gasteiger partial charge in [-0.2, -0.15) is 18.4 Å². The number of nitrogens with zero attached hydrogens (tertiary/aromatic N) is 2. The summed E-state index contributed by atoms with van der Waals surface area (Å²) in [5.41, 5.74) is -3.19. The lowest BCUT2D eigenvalue weighted by molar-refractivity contribution is -0.494. The molecule has 2 aliphatic rings. The molecule has 4 rings (SSSR count). The van der Waals surface area contributed by atoms with Crippen molar-refractivity contribution in [1.29, 1.82) is 5.26 Å². The Balaban J connectivity index is 1.71. The first kappa shape index (κ1) is 26.2. The molecule has 0 radical (unpaired) electrons. The first-order valence-corrected chi connectivity index (χ1v) is 12.3. The van der Waals surface area contributed by atoms with E-state index < -0.39 is 23.6 Å². The zero-order valence-corrected chi connectivity index (χ0v) is 22.5. The predicted molar refractivity (Wildman–Crippen MR) is 133 cm³/mol. The number of hydrogen-bond donors (Lipinski definition) is 1. The number of nitriles is 1. The first-order valence-electron chi connectivity index (χ1n) is 10.3. The van der Waals surface area contributed by atoms with Crippen molar-refractivity contribution >= 4 is 62.7 Å². The lowest BCUT2D eigenvalue weighted by atomic mass is 9.63. The molecule has 0 aromatic heterocycles. The number of alkyl halides is 3. The molecule has 0 saturated heterocycles. The number of halogens is 7. The summed E-state index contributed by atoms with van der Waals surface area (Å²) in [6.07, 6.45) is -3.73. The molecule has 0 spiro atoms. The molecule has 0 bridgehead atoms. The maximum absolute atomic E-state index is 14.3. The van der Waals surface area contributed by atoms with Gasteiger partial charge in [0.15, 0.2) is 0 Å². The van der Waals surface area contributed by atoms with Crippen LogP contribution in [0, 0.1) is 22.8 Å². The maximum Gasteiger partial charge on any atom is 0.435 e. The molecule has 184 valence electrons. The van der Waals surface area contributed by atoms with Crippen LogP contribution in [0.4, 0.5) is 13.2 Å². The highest BCUT2D eigenvalue weighted by Gasteiger charge is 2.62. The lowest BCUT2D eigenvalue weighted by Gasteiger charge is -2.47. The SMILES string of the molecule is CC(C)(C)[C-]1[NH+]=CC1(C#N)c1ccc(C2=NOC(c3cc(Cl)c(Cl)c(Cl)c3)(C(F)(F)F)C2)cc1Br. The molecular weight excluding hydrogens is 590 g/mol. The molecule has 0 aliphatic carbocycles. The standard InChI is InChI=1S/C24H18BrCl3F3N3O/c1-21(2,3)20-22(10-32,11-33-20)14-5-4-12(6-15(14)25)18-9-23(35-34-18,24(29,30)31)13-7-16(26)19(28)17(27)8-13/h4-8,11,33H,9H2,1-3H3. The number of oxime groups is 1. The smallest absolute Gasteiger partial charge is 0.378 e. The van der Waals surface area contributed by atoms with E-state index in [9.17, 15) is 18.4 Å². The van der Waals surface area contributed by atoms with Crippen LogP contribution in [0.3, 0.4) is 0 Å².